The molecule has 0 fully saturated rings. The Labute approximate surface area is 90.8 Å². The Kier molecular flexibility index (Phi) is 2.91. The van der Waals surface area contributed by atoms with Crippen LogP contribution >= 0.6 is 0 Å². The first-order chi connectivity index (χ1) is 7.45. The molecule has 78 valence electrons. The number of aryl methyl sites for hydroxylation is 1. The van der Waals surface area contributed by atoms with Gasteiger partial charge in [0.25, 0.3) is 0 Å². The summed E-state index contributed by atoms with van der Waals surface area (Å²) < 4.78 is 0. The molecule has 3 rings (SSSR count). The van der Waals surface area contributed by atoms with Gasteiger partial charge in [-0.2, -0.15) is 0 Å². The van der Waals surface area contributed by atoms with E-state index in [0.717, 1.165) is 0 Å². The van der Waals surface area contributed by atoms with E-state index < -0.39 is 0 Å². The monoisotopic (exact) mass is 199 g/mol. The van der Waals surface area contributed by atoms with Crippen molar-refractivity contribution in [2.45, 2.75) is 26.7 Å². The molecule has 1 heteroatoms. The molecule has 1 nitrogen and oxygen atoms in total. The summed E-state index contributed by atoms with van der Waals surface area (Å²) in [7, 11) is 0. The van der Waals surface area contributed by atoms with Crippen molar-refractivity contribution in [3.63, 3.8) is 0 Å². The van der Waals surface area contributed by atoms with Crippen molar-refractivity contribution in [1.29, 1.82) is 0 Å². The molecule has 1 aromatic heterocycles. The van der Waals surface area contributed by atoms with Crippen LogP contribution in [0.5, 0.6) is 0 Å². The lowest BCUT2D eigenvalue weighted by atomic mass is 10.0. The van der Waals surface area contributed by atoms with Crippen LogP contribution in [0.15, 0.2) is 30.3 Å². The second kappa shape index (κ2) is 4.35. The van der Waals surface area contributed by atoms with E-state index in [0.29, 0.717) is 0 Å². The third-order valence-electron chi connectivity index (χ3n) is 2.69. The van der Waals surface area contributed by atoms with Crippen LogP contribution < -0.4 is 0 Å². The van der Waals surface area contributed by atoms with Crippen molar-refractivity contribution >= 4 is 17.0 Å². The summed E-state index contributed by atoms with van der Waals surface area (Å²) in [4.78, 5) is 3.43. The van der Waals surface area contributed by atoms with E-state index in [9.17, 15) is 0 Å². The zero-order valence-corrected chi connectivity index (χ0v) is 9.38. The first-order valence-electron chi connectivity index (χ1n) is 5.71. The fraction of sp³-hybridized carbons (Fsp3) is 0.286. The SMILES string of the molecule is C1=Cc2[nH]c3ccccc3c2CC1.CC. The highest BCUT2D eigenvalue weighted by molar-refractivity contribution is 5.87. The minimum Gasteiger partial charge on any atom is -0.355 e. The number of allylic oxidation sites excluding steroid dienone is 1. The molecule has 2 aromatic rings. The molecule has 0 aliphatic heterocycles. The number of aromatic nitrogens is 1. The molecule has 1 aliphatic carbocycles. The van der Waals surface area contributed by atoms with E-state index in [1.807, 2.05) is 13.8 Å². The molecular formula is C14H17N. The summed E-state index contributed by atoms with van der Waals surface area (Å²) in [5, 5.41) is 1.39. The number of nitrogens with one attached hydrogen (secondary N) is 1. The highest BCUT2D eigenvalue weighted by Crippen LogP contribution is 2.27. The first-order valence-corrected chi connectivity index (χ1v) is 5.71. The van der Waals surface area contributed by atoms with Gasteiger partial charge in [-0.05, 0) is 30.5 Å². The fourth-order valence-electron chi connectivity index (χ4n) is 2.06. The van der Waals surface area contributed by atoms with E-state index in [2.05, 4.69) is 41.4 Å². The molecule has 1 aromatic carbocycles. The van der Waals surface area contributed by atoms with E-state index >= 15 is 0 Å². The minimum absolute atomic E-state index is 1.18. The normalized spacial score (nSPS) is 13.2. The second-order valence-electron chi connectivity index (χ2n) is 3.50. The standard InChI is InChI=1S/C12H11N.C2H6/c1-3-7-11-9(5-1)10-6-2-4-8-12(10)13-11;1-2/h1,3-5,7-8,13H,2,6H2;1-2H3. The maximum Gasteiger partial charge on any atom is 0.0461 e. The highest BCUT2D eigenvalue weighted by Gasteiger charge is 2.10. The van der Waals surface area contributed by atoms with Gasteiger partial charge in [-0.1, -0.05) is 38.1 Å². The van der Waals surface area contributed by atoms with Crippen molar-refractivity contribution < 1.29 is 0 Å². The van der Waals surface area contributed by atoms with E-state index in [1.54, 1.807) is 0 Å². The summed E-state index contributed by atoms with van der Waals surface area (Å²) in [6.07, 6.45) is 6.78. The number of rotatable bonds is 0. The third kappa shape index (κ3) is 1.70. The van der Waals surface area contributed by atoms with Gasteiger partial charge in [-0.25, -0.2) is 0 Å². The van der Waals surface area contributed by atoms with Gasteiger partial charge in [0.1, 0.15) is 0 Å². The van der Waals surface area contributed by atoms with Crippen molar-refractivity contribution in [1.82, 2.24) is 4.98 Å². The summed E-state index contributed by atoms with van der Waals surface area (Å²) in [5.41, 5.74) is 4.05. The molecule has 1 N–H and O–H groups in total. The molecule has 0 amide bonds. The Balaban J connectivity index is 0.000000404. The summed E-state index contributed by atoms with van der Waals surface area (Å²) in [5.74, 6) is 0. The number of hydrogen-bond acceptors (Lipinski definition) is 0. The summed E-state index contributed by atoms with van der Waals surface area (Å²) >= 11 is 0. The molecule has 0 saturated carbocycles. The van der Waals surface area contributed by atoms with Crippen molar-refractivity contribution in [3.8, 4) is 0 Å². The average Bonchev–Trinajstić information content (AvgIpc) is 2.70. The van der Waals surface area contributed by atoms with Gasteiger partial charge in [-0.3, -0.25) is 0 Å². The lowest BCUT2D eigenvalue weighted by molar-refractivity contribution is 0.992. The van der Waals surface area contributed by atoms with E-state index in [1.165, 1.54) is 35.0 Å². The lowest BCUT2D eigenvalue weighted by Gasteiger charge is -2.03. The Morgan fingerprint density at radius 1 is 1.13 bits per heavy atom. The van der Waals surface area contributed by atoms with Gasteiger partial charge in [0, 0.05) is 16.6 Å². The summed E-state index contributed by atoms with van der Waals surface area (Å²) in [6.45, 7) is 4.00. The Morgan fingerprint density at radius 2 is 1.93 bits per heavy atom. The average molecular weight is 199 g/mol. The molecule has 1 heterocycles. The second-order valence-corrected chi connectivity index (χ2v) is 3.50. The highest BCUT2D eigenvalue weighted by atomic mass is 14.7. The number of para-hydroxylation sites is 1. The molecule has 0 bridgehead atoms. The van der Waals surface area contributed by atoms with E-state index in [-0.39, 0.29) is 0 Å². The molecule has 0 spiro atoms. The van der Waals surface area contributed by atoms with Gasteiger partial charge in [0.2, 0.25) is 0 Å². The van der Waals surface area contributed by atoms with Gasteiger partial charge < -0.3 is 4.98 Å². The van der Waals surface area contributed by atoms with Crippen molar-refractivity contribution in [2.75, 3.05) is 0 Å². The molecule has 0 saturated heterocycles. The van der Waals surface area contributed by atoms with Crippen LogP contribution in [0.1, 0.15) is 31.5 Å². The van der Waals surface area contributed by atoms with Crippen LogP contribution in [0.4, 0.5) is 0 Å². The van der Waals surface area contributed by atoms with Gasteiger partial charge in [-0.15, -0.1) is 0 Å². The van der Waals surface area contributed by atoms with Crippen LogP contribution in [0.2, 0.25) is 0 Å². The first kappa shape index (κ1) is 10.0. The number of hydrogen-bond donors (Lipinski definition) is 1. The third-order valence-corrected chi connectivity index (χ3v) is 2.69. The Morgan fingerprint density at radius 3 is 2.80 bits per heavy atom. The number of H-pyrrole nitrogens is 1. The number of fused-ring (bicyclic) bond motifs is 3. The van der Waals surface area contributed by atoms with E-state index in [4.69, 9.17) is 0 Å². The number of aromatic amines is 1. The largest absolute Gasteiger partial charge is 0.355 e. The minimum atomic E-state index is 1.18. The van der Waals surface area contributed by atoms with Crippen molar-refractivity contribution in [3.05, 3.63) is 41.6 Å². The quantitative estimate of drug-likeness (QED) is 0.656. The van der Waals surface area contributed by atoms with Gasteiger partial charge in [0.05, 0.1) is 0 Å². The fourth-order valence-corrected chi connectivity index (χ4v) is 2.06. The van der Waals surface area contributed by atoms with Gasteiger partial charge in [0.15, 0.2) is 0 Å². The Bertz CT molecular complexity index is 477. The predicted octanol–water partition coefficient (Wildman–Crippen LogP) is 4.15. The zero-order valence-electron chi connectivity index (χ0n) is 9.38. The lowest BCUT2D eigenvalue weighted by Crippen LogP contribution is -1.89. The van der Waals surface area contributed by atoms with Crippen LogP contribution in [0.25, 0.3) is 17.0 Å². The van der Waals surface area contributed by atoms with Crippen molar-refractivity contribution in [2.24, 2.45) is 0 Å². The molecular weight excluding hydrogens is 182 g/mol. The Hall–Kier alpha value is -1.50. The maximum atomic E-state index is 3.43. The van der Waals surface area contributed by atoms with Crippen LogP contribution in [0, 0.1) is 0 Å². The summed E-state index contributed by atoms with van der Waals surface area (Å²) in [6, 6.07) is 8.52. The molecule has 0 atom stereocenters. The van der Waals surface area contributed by atoms with Gasteiger partial charge >= 0.3 is 0 Å². The molecule has 0 unspecified atom stereocenters. The smallest absolute Gasteiger partial charge is 0.0461 e. The van der Waals surface area contributed by atoms with Crippen LogP contribution in [-0.4, -0.2) is 4.98 Å². The van der Waals surface area contributed by atoms with Crippen LogP contribution in [0.3, 0.4) is 0 Å². The zero-order chi connectivity index (χ0) is 10.7. The molecule has 0 radical (unpaired) electrons. The predicted molar refractivity (Wildman–Crippen MR) is 67.0 cm³/mol. The maximum absolute atomic E-state index is 3.43. The topological polar surface area (TPSA) is 15.8 Å². The van der Waals surface area contributed by atoms with Crippen LogP contribution in [-0.2, 0) is 6.42 Å². The molecule has 15 heavy (non-hydrogen) atoms. The molecule has 1 aliphatic rings. The number of benzene rings is 1.